The van der Waals surface area contributed by atoms with E-state index in [2.05, 4.69) is 25.3 Å². The lowest BCUT2D eigenvalue weighted by molar-refractivity contribution is 0.555. The molecule has 0 atom stereocenters. The topological polar surface area (TPSA) is 35.6 Å². The summed E-state index contributed by atoms with van der Waals surface area (Å²) in [6.07, 6.45) is 11.4. The number of hydrogen-bond acceptors (Lipinski definition) is 2. The van der Waals surface area contributed by atoms with Gasteiger partial charge in [-0.1, -0.05) is 0 Å². The second-order valence-corrected chi connectivity index (χ2v) is 3.26. The molecule has 2 rings (SSSR count). The molecular formula is C10H13N4. The third-order valence-electron chi connectivity index (χ3n) is 2.23. The first-order chi connectivity index (χ1) is 6.86. The second-order valence-electron chi connectivity index (χ2n) is 3.26. The Kier molecular flexibility index (Phi) is 2.62. The largest absolute Gasteiger partial charge is 0.337 e. The molecule has 73 valence electrons. The van der Waals surface area contributed by atoms with Crippen molar-refractivity contribution >= 4 is 0 Å². The molecule has 0 amide bonds. The highest BCUT2D eigenvalue weighted by atomic mass is 15.1. The van der Waals surface area contributed by atoms with E-state index in [1.165, 1.54) is 0 Å². The maximum atomic E-state index is 4.05. The van der Waals surface area contributed by atoms with Crippen LogP contribution in [0.2, 0.25) is 0 Å². The van der Waals surface area contributed by atoms with Crippen LogP contribution >= 0.6 is 0 Å². The van der Waals surface area contributed by atoms with E-state index in [9.17, 15) is 0 Å². The summed E-state index contributed by atoms with van der Waals surface area (Å²) in [5.74, 6) is 1.02. The molecule has 1 radical (unpaired) electrons. The van der Waals surface area contributed by atoms with Gasteiger partial charge in [0, 0.05) is 31.7 Å². The highest BCUT2D eigenvalue weighted by molar-refractivity contribution is 4.86. The summed E-state index contributed by atoms with van der Waals surface area (Å²) in [5, 5.41) is 0. The number of nitrogens with zero attached hydrogens (tertiary/aromatic N) is 4. The van der Waals surface area contributed by atoms with Crippen LogP contribution in [-0.4, -0.2) is 19.1 Å². The molecule has 2 aromatic rings. The lowest BCUT2D eigenvalue weighted by atomic mass is 10.4. The zero-order chi connectivity index (χ0) is 9.80. The first-order valence-electron chi connectivity index (χ1n) is 4.72. The van der Waals surface area contributed by atoms with Gasteiger partial charge in [0.25, 0.3) is 0 Å². The standard InChI is InChI=1S/C10H13N4/c1-10-12-4-8-14(10)6-2-5-13-7-3-11-9-13/h3,7-9H,2,5-6H2,1H3. The van der Waals surface area contributed by atoms with Gasteiger partial charge in [-0.15, -0.1) is 0 Å². The highest BCUT2D eigenvalue weighted by Crippen LogP contribution is 1.98. The smallest absolute Gasteiger partial charge is 0.109 e. The number of aromatic nitrogens is 4. The van der Waals surface area contributed by atoms with Crippen LogP contribution in [0.25, 0.3) is 0 Å². The Hall–Kier alpha value is -1.58. The van der Waals surface area contributed by atoms with Crippen molar-refractivity contribution in [1.29, 1.82) is 0 Å². The lowest BCUT2D eigenvalue weighted by Crippen LogP contribution is -2.03. The van der Waals surface area contributed by atoms with Gasteiger partial charge in [-0.2, -0.15) is 0 Å². The monoisotopic (exact) mass is 189 g/mol. The van der Waals surface area contributed by atoms with Crippen LogP contribution in [0.3, 0.4) is 0 Å². The van der Waals surface area contributed by atoms with E-state index in [1.54, 1.807) is 6.20 Å². The van der Waals surface area contributed by atoms with Gasteiger partial charge in [0.05, 0.1) is 6.33 Å². The molecule has 0 aliphatic rings. The van der Waals surface area contributed by atoms with Crippen LogP contribution in [0.15, 0.2) is 24.9 Å². The number of hydrogen-bond donors (Lipinski definition) is 0. The van der Waals surface area contributed by atoms with Crippen molar-refractivity contribution in [3.8, 4) is 0 Å². The first-order valence-corrected chi connectivity index (χ1v) is 4.72. The molecule has 2 heterocycles. The predicted molar refractivity (Wildman–Crippen MR) is 52.6 cm³/mol. The van der Waals surface area contributed by atoms with Gasteiger partial charge in [0.2, 0.25) is 0 Å². The molecule has 0 N–H and O–H groups in total. The molecule has 0 aliphatic heterocycles. The van der Waals surface area contributed by atoms with Gasteiger partial charge in [-0.3, -0.25) is 0 Å². The van der Waals surface area contributed by atoms with Crippen molar-refractivity contribution in [2.75, 3.05) is 0 Å². The van der Waals surface area contributed by atoms with Crippen molar-refractivity contribution in [2.24, 2.45) is 0 Å². The molecule has 2 aromatic heterocycles. The van der Waals surface area contributed by atoms with Crippen molar-refractivity contribution in [1.82, 2.24) is 19.1 Å². The third kappa shape index (κ3) is 2.02. The van der Waals surface area contributed by atoms with Gasteiger partial charge in [0.15, 0.2) is 0 Å². The number of aryl methyl sites for hydroxylation is 3. The average Bonchev–Trinajstić information content (AvgIpc) is 2.78. The van der Waals surface area contributed by atoms with Crippen LogP contribution in [0.5, 0.6) is 0 Å². The fraction of sp³-hybridized carbons (Fsp3) is 0.400. The molecule has 0 unspecified atom stereocenters. The summed E-state index contributed by atoms with van der Waals surface area (Å²) in [5.41, 5.74) is 0. The maximum absolute atomic E-state index is 4.05. The Bertz CT molecular complexity index is 374. The number of imidazole rings is 2. The molecule has 0 saturated heterocycles. The predicted octanol–water partition coefficient (Wildman–Crippen LogP) is 1.28. The Balaban J connectivity index is 1.81. The van der Waals surface area contributed by atoms with Gasteiger partial charge in [-0.05, 0) is 13.3 Å². The van der Waals surface area contributed by atoms with E-state index in [-0.39, 0.29) is 0 Å². The van der Waals surface area contributed by atoms with Crippen LogP contribution in [0.1, 0.15) is 12.2 Å². The summed E-state index contributed by atoms with van der Waals surface area (Å²) in [6.45, 7) is 3.98. The SMILES string of the molecule is Cc1n[c]cn1CCCn1ccnc1. The van der Waals surface area contributed by atoms with Crippen LogP contribution in [-0.2, 0) is 13.1 Å². The molecule has 0 fully saturated rings. The fourth-order valence-corrected chi connectivity index (χ4v) is 1.42. The summed E-state index contributed by atoms with van der Waals surface area (Å²) < 4.78 is 4.19. The van der Waals surface area contributed by atoms with Crippen molar-refractivity contribution in [3.05, 3.63) is 36.9 Å². The van der Waals surface area contributed by atoms with Crippen LogP contribution in [0, 0.1) is 13.1 Å². The minimum Gasteiger partial charge on any atom is -0.337 e. The molecule has 0 spiro atoms. The minimum absolute atomic E-state index is 0.987. The van der Waals surface area contributed by atoms with Crippen LogP contribution < -0.4 is 0 Å². The lowest BCUT2D eigenvalue weighted by Gasteiger charge is -2.04. The summed E-state index contributed by atoms with van der Waals surface area (Å²) in [7, 11) is 0. The van der Waals surface area contributed by atoms with E-state index >= 15 is 0 Å². The Labute approximate surface area is 83.2 Å². The molecule has 0 saturated carbocycles. The normalized spacial score (nSPS) is 10.6. The van der Waals surface area contributed by atoms with Crippen molar-refractivity contribution < 1.29 is 0 Å². The highest BCUT2D eigenvalue weighted by Gasteiger charge is 1.96. The van der Waals surface area contributed by atoms with Gasteiger partial charge < -0.3 is 9.13 Å². The molecule has 0 bridgehead atoms. The quantitative estimate of drug-likeness (QED) is 0.726. The summed E-state index contributed by atoms with van der Waals surface area (Å²) >= 11 is 0. The molecule has 0 aromatic carbocycles. The Morgan fingerprint density at radius 3 is 3.00 bits per heavy atom. The van der Waals surface area contributed by atoms with Gasteiger partial charge >= 0.3 is 0 Å². The van der Waals surface area contributed by atoms with E-state index in [1.807, 2.05) is 25.6 Å². The summed E-state index contributed by atoms with van der Waals surface area (Å²) in [4.78, 5) is 8.04. The molecule has 0 aliphatic carbocycles. The molecule has 14 heavy (non-hydrogen) atoms. The zero-order valence-corrected chi connectivity index (χ0v) is 8.22. The van der Waals surface area contributed by atoms with Crippen LogP contribution in [0.4, 0.5) is 0 Å². The van der Waals surface area contributed by atoms with Gasteiger partial charge in [-0.25, -0.2) is 9.97 Å². The van der Waals surface area contributed by atoms with E-state index in [4.69, 9.17) is 0 Å². The molecule has 4 nitrogen and oxygen atoms in total. The Morgan fingerprint density at radius 1 is 1.43 bits per heavy atom. The third-order valence-corrected chi connectivity index (χ3v) is 2.23. The van der Waals surface area contributed by atoms with E-state index in [0.717, 1.165) is 25.3 Å². The Morgan fingerprint density at radius 2 is 2.36 bits per heavy atom. The first kappa shape index (κ1) is 8.99. The second kappa shape index (κ2) is 4.09. The minimum atomic E-state index is 0.987. The molecular weight excluding hydrogens is 176 g/mol. The average molecular weight is 189 g/mol. The summed E-state index contributed by atoms with van der Waals surface area (Å²) in [6, 6.07) is 0. The fourth-order valence-electron chi connectivity index (χ4n) is 1.42. The van der Waals surface area contributed by atoms with E-state index in [0.29, 0.717) is 0 Å². The molecule has 4 heteroatoms. The number of rotatable bonds is 4. The zero-order valence-electron chi connectivity index (χ0n) is 8.22. The maximum Gasteiger partial charge on any atom is 0.109 e. The van der Waals surface area contributed by atoms with Gasteiger partial charge in [0.1, 0.15) is 12.0 Å². The van der Waals surface area contributed by atoms with E-state index < -0.39 is 0 Å². The van der Waals surface area contributed by atoms with Crippen molar-refractivity contribution in [3.63, 3.8) is 0 Å². The van der Waals surface area contributed by atoms with Crippen molar-refractivity contribution in [2.45, 2.75) is 26.4 Å².